The normalized spacial score (nSPS) is 19.9. The van der Waals surface area contributed by atoms with Gasteiger partial charge in [0, 0.05) is 57.3 Å². The molecule has 3 aromatic heterocycles. The highest BCUT2D eigenvalue weighted by molar-refractivity contribution is 5.81. The second kappa shape index (κ2) is 10.1. The summed E-state index contributed by atoms with van der Waals surface area (Å²) in [6.07, 6.45) is 5.01. The molecule has 194 valence electrons. The van der Waals surface area contributed by atoms with Crippen LogP contribution in [0.5, 0.6) is 5.88 Å². The molecule has 2 aliphatic rings. The number of aryl methyl sites for hydroxylation is 1. The second-order valence-corrected chi connectivity index (χ2v) is 9.37. The molecular formula is C26H30N6O5. The third-order valence-electron chi connectivity index (χ3n) is 6.99. The van der Waals surface area contributed by atoms with Gasteiger partial charge in [-0.3, -0.25) is 9.36 Å². The monoisotopic (exact) mass is 506 g/mol. The fourth-order valence-corrected chi connectivity index (χ4v) is 4.93. The van der Waals surface area contributed by atoms with E-state index in [4.69, 9.17) is 23.9 Å². The number of hydrogen-bond donors (Lipinski definition) is 0. The Bertz CT molecular complexity index is 1480. The van der Waals surface area contributed by atoms with Crippen LogP contribution in [0.1, 0.15) is 23.9 Å². The first-order chi connectivity index (χ1) is 18.1. The van der Waals surface area contributed by atoms with Crippen molar-refractivity contribution >= 4 is 22.2 Å². The van der Waals surface area contributed by atoms with E-state index in [0.29, 0.717) is 61.0 Å². The van der Waals surface area contributed by atoms with E-state index >= 15 is 0 Å². The van der Waals surface area contributed by atoms with Crippen LogP contribution < -0.4 is 15.2 Å². The molecule has 2 aliphatic heterocycles. The zero-order chi connectivity index (χ0) is 25.4. The Hall–Kier alpha value is -3.54. The van der Waals surface area contributed by atoms with E-state index in [1.54, 1.807) is 35.6 Å². The lowest BCUT2D eigenvalue weighted by molar-refractivity contribution is -0.0604. The van der Waals surface area contributed by atoms with E-state index in [2.05, 4.69) is 15.0 Å². The largest absolute Gasteiger partial charge is 0.480 e. The lowest BCUT2D eigenvalue weighted by Gasteiger charge is -2.34. The van der Waals surface area contributed by atoms with Gasteiger partial charge in [0.1, 0.15) is 11.9 Å². The molecule has 1 aromatic carbocycles. The van der Waals surface area contributed by atoms with Crippen LogP contribution in [0.4, 0.5) is 5.69 Å². The molecule has 0 aliphatic carbocycles. The molecule has 0 saturated carbocycles. The van der Waals surface area contributed by atoms with Crippen LogP contribution in [0, 0.1) is 0 Å². The molecule has 0 bridgehead atoms. The fourth-order valence-electron chi connectivity index (χ4n) is 4.93. The van der Waals surface area contributed by atoms with E-state index in [0.717, 1.165) is 30.8 Å². The zero-order valence-electron chi connectivity index (χ0n) is 21.0. The van der Waals surface area contributed by atoms with Crippen molar-refractivity contribution in [2.45, 2.75) is 31.6 Å². The van der Waals surface area contributed by atoms with Gasteiger partial charge in [-0.05, 0) is 30.2 Å². The molecule has 0 radical (unpaired) electrons. The summed E-state index contributed by atoms with van der Waals surface area (Å²) < 4.78 is 25.5. The van der Waals surface area contributed by atoms with Gasteiger partial charge >= 0.3 is 0 Å². The van der Waals surface area contributed by atoms with E-state index in [1.165, 1.54) is 0 Å². The quantitative estimate of drug-likeness (QED) is 0.355. The summed E-state index contributed by atoms with van der Waals surface area (Å²) in [6, 6.07) is 7.65. The van der Waals surface area contributed by atoms with Gasteiger partial charge in [-0.1, -0.05) is 0 Å². The summed E-state index contributed by atoms with van der Waals surface area (Å²) in [6.45, 7) is 3.83. The molecule has 4 aromatic rings. The number of morpholine rings is 1. The lowest BCUT2D eigenvalue weighted by atomic mass is 10.1. The lowest BCUT2D eigenvalue weighted by Crippen LogP contribution is -2.44. The van der Waals surface area contributed by atoms with Crippen LogP contribution in [0.3, 0.4) is 0 Å². The van der Waals surface area contributed by atoms with Crippen LogP contribution in [0.25, 0.3) is 16.6 Å². The predicted molar refractivity (Wildman–Crippen MR) is 136 cm³/mol. The summed E-state index contributed by atoms with van der Waals surface area (Å²) in [5.74, 6) is 1.18. The number of nitrogens with zero attached hydrogens (tertiary/aromatic N) is 6. The van der Waals surface area contributed by atoms with Crippen LogP contribution >= 0.6 is 0 Å². The standard InChI is InChI=1S/C26H30N6O5/c1-34-16-19-15-30(8-10-36-19)18-3-4-20-21(11-18)28-25(22-6-9-37-22)31(26(20)33)7-5-17-13-27-23-12-24(35-2)29-32(23)14-17/h3-4,11-14,19,22H,5-10,15-16H2,1-2H3/t19-,22?/m1/s1. The number of anilines is 1. The Kier molecular flexibility index (Phi) is 6.49. The van der Waals surface area contributed by atoms with Crippen molar-refractivity contribution in [1.82, 2.24) is 24.1 Å². The summed E-state index contributed by atoms with van der Waals surface area (Å²) in [4.78, 5) is 25.3. The van der Waals surface area contributed by atoms with Gasteiger partial charge in [0.25, 0.3) is 5.56 Å². The number of hydrogen-bond acceptors (Lipinski definition) is 9. The Labute approximate surface area is 213 Å². The number of benzene rings is 1. The van der Waals surface area contributed by atoms with Crippen LogP contribution in [-0.2, 0) is 27.2 Å². The predicted octanol–water partition coefficient (Wildman–Crippen LogP) is 2.00. The van der Waals surface area contributed by atoms with Gasteiger partial charge in [-0.15, -0.1) is 5.10 Å². The molecule has 5 heterocycles. The van der Waals surface area contributed by atoms with Crippen molar-refractivity contribution in [3.05, 3.63) is 58.4 Å². The highest BCUT2D eigenvalue weighted by Crippen LogP contribution is 2.29. The molecule has 2 atom stereocenters. The Morgan fingerprint density at radius 1 is 1.16 bits per heavy atom. The van der Waals surface area contributed by atoms with Crippen LogP contribution in [0.15, 0.2) is 41.5 Å². The minimum atomic E-state index is -0.175. The topological polar surface area (TPSA) is 105 Å². The van der Waals surface area contributed by atoms with Gasteiger partial charge in [0.05, 0.1) is 43.9 Å². The van der Waals surface area contributed by atoms with Gasteiger partial charge in [-0.2, -0.15) is 0 Å². The summed E-state index contributed by atoms with van der Waals surface area (Å²) in [5.41, 5.74) is 3.32. The van der Waals surface area contributed by atoms with Gasteiger partial charge in [0.15, 0.2) is 5.65 Å². The highest BCUT2D eigenvalue weighted by atomic mass is 16.5. The maximum absolute atomic E-state index is 13.7. The number of aromatic nitrogens is 5. The van der Waals surface area contributed by atoms with Gasteiger partial charge in [0.2, 0.25) is 5.88 Å². The number of rotatable bonds is 8. The van der Waals surface area contributed by atoms with Crippen molar-refractivity contribution in [1.29, 1.82) is 0 Å². The molecule has 37 heavy (non-hydrogen) atoms. The molecular weight excluding hydrogens is 476 g/mol. The molecule has 11 heteroatoms. The minimum Gasteiger partial charge on any atom is -0.480 e. The van der Waals surface area contributed by atoms with Crippen LogP contribution in [0.2, 0.25) is 0 Å². The smallest absolute Gasteiger partial charge is 0.261 e. The molecule has 2 fully saturated rings. The number of ether oxygens (including phenoxy) is 4. The average molecular weight is 507 g/mol. The molecule has 0 N–H and O–H groups in total. The fraction of sp³-hybridized carbons (Fsp3) is 0.462. The molecule has 1 unspecified atom stereocenters. The van der Waals surface area contributed by atoms with E-state index in [9.17, 15) is 4.79 Å². The Morgan fingerprint density at radius 2 is 2.05 bits per heavy atom. The first-order valence-electron chi connectivity index (χ1n) is 12.5. The molecule has 11 nitrogen and oxygen atoms in total. The third kappa shape index (κ3) is 4.65. The zero-order valence-corrected chi connectivity index (χ0v) is 21.0. The third-order valence-corrected chi connectivity index (χ3v) is 6.99. The average Bonchev–Trinajstić information content (AvgIpc) is 3.30. The second-order valence-electron chi connectivity index (χ2n) is 9.37. The Balaban J connectivity index is 1.30. The first-order valence-corrected chi connectivity index (χ1v) is 12.5. The maximum Gasteiger partial charge on any atom is 0.261 e. The Morgan fingerprint density at radius 3 is 2.84 bits per heavy atom. The summed E-state index contributed by atoms with van der Waals surface area (Å²) in [7, 11) is 3.26. The van der Waals surface area contributed by atoms with E-state index in [1.807, 2.05) is 24.4 Å². The van der Waals surface area contributed by atoms with E-state index in [-0.39, 0.29) is 17.8 Å². The molecule has 0 spiro atoms. The van der Waals surface area contributed by atoms with Crippen molar-refractivity contribution < 1.29 is 18.9 Å². The maximum atomic E-state index is 13.7. The molecule has 2 saturated heterocycles. The van der Waals surface area contributed by atoms with E-state index < -0.39 is 0 Å². The number of methoxy groups -OCH3 is 2. The van der Waals surface area contributed by atoms with Crippen molar-refractivity contribution in [3.8, 4) is 5.88 Å². The highest BCUT2D eigenvalue weighted by Gasteiger charge is 2.27. The van der Waals surface area contributed by atoms with Crippen molar-refractivity contribution in [2.75, 3.05) is 52.0 Å². The number of fused-ring (bicyclic) bond motifs is 2. The summed E-state index contributed by atoms with van der Waals surface area (Å²) in [5, 5.41) is 4.94. The van der Waals surface area contributed by atoms with Gasteiger partial charge in [-0.25, -0.2) is 14.5 Å². The van der Waals surface area contributed by atoms with Crippen molar-refractivity contribution in [2.24, 2.45) is 0 Å². The first kappa shape index (κ1) is 23.8. The molecule has 6 rings (SSSR count). The molecule has 0 amide bonds. The van der Waals surface area contributed by atoms with Gasteiger partial charge < -0.3 is 23.8 Å². The SMILES string of the molecule is COC[C@H]1CN(c2ccc3c(=O)n(CCc4cnc5cc(OC)nn5c4)c(C4CCO4)nc3c2)CCO1. The van der Waals surface area contributed by atoms with Crippen LogP contribution in [-0.4, -0.2) is 77.4 Å². The minimum absolute atomic E-state index is 0.0193. The van der Waals surface area contributed by atoms with Crippen molar-refractivity contribution in [3.63, 3.8) is 0 Å². The summed E-state index contributed by atoms with van der Waals surface area (Å²) >= 11 is 0.